The molecule has 0 aliphatic heterocycles. The summed E-state index contributed by atoms with van der Waals surface area (Å²) in [7, 11) is 0. The first-order valence-electron chi connectivity index (χ1n) is 6.66. The number of benzene rings is 1. The van der Waals surface area contributed by atoms with Gasteiger partial charge in [0.25, 0.3) is 0 Å². The SMILES string of the molecule is CC(=O)n1nc(C(=O)OCCC(C)C)c2ccccc21. The van der Waals surface area contributed by atoms with Crippen molar-refractivity contribution in [2.75, 3.05) is 6.61 Å². The second kappa shape index (κ2) is 5.86. The van der Waals surface area contributed by atoms with Crippen LogP contribution in [0.4, 0.5) is 0 Å². The maximum Gasteiger partial charge on any atom is 0.359 e. The van der Waals surface area contributed by atoms with E-state index in [9.17, 15) is 9.59 Å². The van der Waals surface area contributed by atoms with Crippen molar-refractivity contribution < 1.29 is 14.3 Å². The minimum atomic E-state index is -0.484. The van der Waals surface area contributed by atoms with Crippen molar-refractivity contribution in [3.05, 3.63) is 30.0 Å². The molecule has 1 aromatic carbocycles. The van der Waals surface area contributed by atoms with Crippen LogP contribution in [0.2, 0.25) is 0 Å². The molecule has 0 bridgehead atoms. The quantitative estimate of drug-likeness (QED) is 0.804. The molecule has 0 unspecified atom stereocenters. The Hall–Kier alpha value is -2.17. The second-order valence-corrected chi connectivity index (χ2v) is 5.12. The van der Waals surface area contributed by atoms with Crippen molar-refractivity contribution in [1.29, 1.82) is 0 Å². The second-order valence-electron chi connectivity index (χ2n) is 5.12. The fourth-order valence-electron chi connectivity index (χ4n) is 1.91. The number of aromatic nitrogens is 2. The van der Waals surface area contributed by atoms with E-state index in [2.05, 4.69) is 18.9 Å². The van der Waals surface area contributed by atoms with E-state index < -0.39 is 5.97 Å². The average molecular weight is 274 g/mol. The first kappa shape index (κ1) is 14.2. The maximum atomic E-state index is 12.1. The number of carbonyl (C=O) groups excluding carboxylic acids is 2. The van der Waals surface area contributed by atoms with Gasteiger partial charge in [-0.3, -0.25) is 4.79 Å². The van der Waals surface area contributed by atoms with Gasteiger partial charge in [0.15, 0.2) is 5.69 Å². The monoisotopic (exact) mass is 274 g/mol. The Morgan fingerprint density at radius 1 is 1.30 bits per heavy atom. The fourth-order valence-corrected chi connectivity index (χ4v) is 1.91. The molecule has 1 aromatic heterocycles. The minimum Gasteiger partial charge on any atom is -0.461 e. The van der Waals surface area contributed by atoms with Crippen LogP contribution in [0.25, 0.3) is 10.9 Å². The van der Waals surface area contributed by atoms with Gasteiger partial charge in [-0.25, -0.2) is 4.79 Å². The lowest BCUT2D eigenvalue weighted by Gasteiger charge is -2.05. The number of carbonyl (C=O) groups is 2. The van der Waals surface area contributed by atoms with Gasteiger partial charge in [0, 0.05) is 12.3 Å². The molecule has 2 aromatic rings. The van der Waals surface area contributed by atoms with Gasteiger partial charge in [0.1, 0.15) is 0 Å². The molecular weight excluding hydrogens is 256 g/mol. The molecule has 0 spiro atoms. The van der Waals surface area contributed by atoms with Crippen LogP contribution in [-0.4, -0.2) is 28.3 Å². The lowest BCUT2D eigenvalue weighted by atomic mass is 10.1. The molecule has 0 saturated carbocycles. The van der Waals surface area contributed by atoms with Gasteiger partial charge in [-0.05, 0) is 18.4 Å². The highest BCUT2D eigenvalue weighted by molar-refractivity contribution is 6.04. The van der Waals surface area contributed by atoms with E-state index in [4.69, 9.17) is 4.74 Å². The zero-order chi connectivity index (χ0) is 14.7. The van der Waals surface area contributed by atoms with Crippen molar-refractivity contribution in [2.45, 2.75) is 27.2 Å². The van der Waals surface area contributed by atoms with Crippen molar-refractivity contribution in [2.24, 2.45) is 5.92 Å². The molecule has 106 valence electrons. The fraction of sp³-hybridized carbons (Fsp3) is 0.400. The Balaban J connectivity index is 2.30. The summed E-state index contributed by atoms with van der Waals surface area (Å²) >= 11 is 0. The third-order valence-electron chi connectivity index (χ3n) is 3.01. The minimum absolute atomic E-state index is 0.194. The summed E-state index contributed by atoms with van der Waals surface area (Å²) in [5.74, 6) is -0.251. The van der Waals surface area contributed by atoms with E-state index in [0.29, 0.717) is 23.4 Å². The van der Waals surface area contributed by atoms with Crippen LogP contribution in [0.5, 0.6) is 0 Å². The lowest BCUT2D eigenvalue weighted by Crippen LogP contribution is -2.12. The number of hydrogen-bond acceptors (Lipinski definition) is 4. The summed E-state index contributed by atoms with van der Waals surface area (Å²) in [6.45, 7) is 5.90. The highest BCUT2D eigenvalue weighted by atomic mass is 16.5. The van der Waals surface area contributed by atoms with Crippen LogP contribution in [0.1, 0.15) is 42.5 Å². The molecule has 0 radical (unpaired) electrons. The Kier molecular flexibility index (Phi) is 4.17. The Morgan fingerprint density at radius 2 is 2.00 bits per heavy atom. The van der Waals surface area contributed by atoms with Crippen molar-refractivity contribution in [3.8, 4) is 0 Å². The van der Waals surface area contributed by atoms with Crippen LogP contribution in [0, 0.1) is 5.92 Å². The number of esters is 1. The molecule has 20 heavy (non-hydrogen) atoms. The number of para-hydroxylation sites is 1. The highest BCUT2D eigenvalue weighted by Gasteiger charge is 2.19. The summed E-state index contributed by atoms with van der Waals surface area (Å²) in [5.41, 5.74) is 0.815. The predicted molar refractivity (Wildman–Crippen MR) is 75.8 cm³/mol. The molecule has 1 heterocycles. The summed E-state index contributed by atoms with van der Waals surface area (Å²) in [5, 5.41) is 4.72. The lowest BCUT2D eigenvalue weighted by molar-refractivity contribution is 0.0482. The first-order valence-corrected chi connectivity index (χ1v) is 6.66. The molecule has 0 saturated heterocycles. The van der Waals surface area contributed by atoms with Crippen LogP contribution in [0.3, 0.4) is 0 Å². The van der Waals surface area contributed by atoms with Crippen LogP contribution < -0.4 is 0 Å². The number of rotatable bonds is 4. The molecule has 0 atom stereocenters. The highest BCUT2D eigenvalue weighted by Crippen LogP contribution is 2.19. The van der Waals surface area contributed by atoms with Gasteiger partial charge in [0.2, 0.25) is 5.91 Å². The van der Waals surface area contributed by atoms with E-state index in [1.807, 2.05) is 0 Å². The molecule has 2 rings (SSSR count). The molecular formula is C15H18N2O3. The van der Waals surface area contributed by atoms with E-state index >= 15 is 0 Å². The van der Waals surface area contributed by atoms with Crippen LogP contribution in [0.15, 0.2) is 24.3 Å². The third kappa shape index (κ3) is 2.87. The van der Waals surface area contributed by atoms with Gasteiger partial charge in [-0.1, -0.05) is 32.0 Å². The van der Waals surface area contributed by atoms with Crippen molar-refractivity contribution >= 4 is 22.8 Å². The standard InChI is InChI=1S/C15H18N2O3/c1-10(2)8-9-20-15(19)14-12-6-4-5-7-13(12)17(16-14)11(3)18/h4-7,10H,8-9H2,1-3H3. The molecule has 0 amide bonds. The van der Waals surface area contributed by atoms with Crippen LogP contribution >= 0.6 is 0 Å². The van der Waals surface area contributed by atoms with Gasteiger partial charge >= 0.3 is 5.97 Å². The molecule has 0 aliphatic rings. The summed E-state index contributed by atoms with van der Waals surface area (Å²) < 4.78 is 6.44. The first-order chi connectivity index (χ1) is 9.50. The molecule has 0 N–H and O–H groups in total. The zero-order valence-electron chi connectivity index (χ0n) is 11.9. The summed E-state index contributed by atoms with van der Waals surface area (Å²) in [6.07, 6.45) is 0.803. The van der Waals surface area contributed by atoms with Crippen molar-refractivity contribution in [3.63, 3.8) is 0 Å². The zero-order valence-corrected chi connectivity index (χ0v) is 11.9. The van der Waals surface area contributed by atoms with E-state index in [1.54, 1.807) is 24.3 Å². The number of ether oxygens (including phenoxy) is 1. The maximum absolute atomic E-state index is 12.1. The van der Waals surface area contributed by atoms with E-state index in [-0.39, 0.29) is 11.6 Å². The van der Waals surface area contributed by atoms with Gasteiger partial charge in [-0.15, -0.1) is 0 Å². The predicted octanol–water partition coefficient (Wildman–Crippen LogP) is 2.90. The van der Waals surface area contributed by atoms with Crippen molar-refractivity contribution in [1.82, 2.24) is 9.78 Å². The average Bonchev–Trinajstić information content (AvgIpc) is 2.78. The normalized spacial score (nSPS) is 11.0. The van der Waals surface area contributed by atoms with Gasteiger partial charge < -0.3 is 4.74 Å². The van der Waals surface area contributed by atoms with Gasteiger partial charge in [0.05, 0.1) is 12.1 Å². The summed E-state index contributed by atoms with van der Waals surface area (Å²) in [6, 6.07) is 7.13. The third-order valence-corrected chi connectivity index (χ3v) is 3.01. The van der Waals surface area contributed by atoms with E-state index in [1.165, 1.54) is 11.6 Å². The molecule has 5 nitrogen and oxygen atoms in total. The number of nitrogens with zero attached hydrogens (tertiary/aromatic N) is 2. The Labute approximate surface area is 117 Å². The smallest absolute Gasteiger partial charge is 0.359 e. The molecule has 0 fully saturated rings. The molecule has 0 aliphatic carbocycles. The summed E-state index contributed by atoms with van der Waals surface area (Å²) in [4.78, 5) is 23.6. The Bertz CT molecular complexity index is 644. The van der Waals surface area contributed by atoms with Crippen LogP contribution in [-0.2, 0) is 4.74 Å². The largest absolute Gasteiger partial charge is 0.461 e. The topological polar surface area (TPSA) is 61.2 Å². The van der Waals surface area contributed by atoms with E-state index in [0.717, 1.165) is 6.42 Å². The molecule has 5 heteroatoms. The Morgan fingerprint density at radius 3 is 2.65 bits per heavy atom. The number of hydrogen-bond donors (Lipinski definition) is 0. The van der Waals surface area contributed by atoms with Gasteiger partial charge in [-0.2, -0.15) is 9.78 Å². The number of fused-ring (bicyclic) bond motifs is 1.